The number of Topliss-reactive ketones (excluding diaryl/α,β-unsaturated/α-hetero) is 1. The summed E-state index contributed by atoms with van der Waals surface area (Å²) >= 11 is 0. The fraction of sp³-hybridized carbons (Fsp3) is 0.591. The molecule has 6 rings (SSSR count). The number of phenols is 2. The molecule has 58 heavy (non-hydrogen) atoms. The molecule has 2 aromatic rings. The number of nitrogens with one attached hydrogen (secondary N) is 1. The molecule has 14 heteroatoms. The molecule has 1 amide bonds. The molecular weight excluding hydrogens is 745 g/mol. The predicted octanol–water partition coefficient (Wildman–Crippen LogP) is 4.18. The number of aromatic hydroxyl groups is 2. The number of anilines is 1. The number of amides is 1. The van der Waals surface area contributed by atoms with Crippen molar-refractivity contribution in [3.05, 3.63) is 58.0 Å². The Hall–Kier alpha value is -4.34. The van der Waals surface area contributed by atoms with Gasteiger partial charge >= 0.3 is 5.79 Å². The van der Waals surface area contributed by atoms with Gasteiger partial charge < -0.3 is 50.0 Å². The lowest BCUT2D eigenvalue weighted by molar-refractivity contribution is -0.114. The molecular formula is C44H60N4O10. The van der Waals surface area contributed by atoms with Crippen molar-refractivity contribution in [3.8, 4) is 17.2 Å². The molecule has 2 aromatic carbocycles. The number of hydrogen-bond donors (Lipinski definition) is 6. The van der Waals surface area contributed by atoms with Crippen molar-refractivity contribution in [1.82, 2.24) is 4.90 Å². The van der Waals surface area contributed by atoms with Crippen LogP contribution in [0.2, 0.25) is 0 Å². The van der Waals surface area contributed by atoms with Gasteiger partial charge in [0.15, 0.2) is 5.75 Å². The van der Waals surface area contributed by atoms with E-state index in [2.05, 4.69) is 29.1 Å². The van der Waals surface area contributed by atoms with E-state index in [-0.39, 0.29) is 49.7 Å². The molecule has 4 bridgehead atoms. The molecule has 0 unspecified atom stereocenters. The Morgan fingerprint density at radius 3 is 2.21 bits per heavy atom. The van der Waals surface area contributed by atoms with Gasteiger partial charge in [0.05, 0.1) is 47.3 Å². The van der Waals surface area contributed by atoms with E-state index in [1.54, 1.807) is 65.8 Å². The van der Waals surface area contributed by atoms with Gasteiger partial charge in [0.25, 0.3) is 11.7 Å². The fourth-order valence-electron chi connectivity index (χ4n) is 8.85. The fourth-order valence-corrected chi connectivity index (χ4v) is 8.85. The number of carbonyl (C=O) groups is 2. The number of benzene rings is 2. The lowest BCUT2D eigenvalue weighted by Gasteiger charge is -2.38. The molecule has 0 aliphatic carbocycles. The van der Waals surface area contributed by atoms with Crippen molar-refractivity contribution < 1.29 is 49.3 Å². The highest BCUT2D eigenvalue weighted by molar-refractivity contribution is 6.21. The Morgan fingerprint density at radius 2 is 1.57 bits per heavy atom. The quantitative estimate of drug-likeness (QED) is 0.242. The Morgan fingerprint density at radius 1 is 0.931 bits per heavy atom. The topological polar surface area (TPSA) is 203 Å². The predicted molar refractivity (Wildman–Crippen MR) is 218 cm³/mol. The van der Waals surface area contributed by atoms with Gasteiger partial charge in [-0.3, -0.25) is 14.6 Å². The van der Waals surface area contributed by atoms with Crippen molar-refractivity contribution in [2.75, 3.05) is 32.1 Å². The number of nitrogens with zero attached hydrogens (tertiary/aromatic N) is 3. The summed E-state index contributed by atoms with van der Waals surface area (Å²) in [6.07, 6.45) is 5.02. The van der Waals surface area contributed by atoms with Gasteiger partial charge in [-0.1, -0.05) is 59.8 Å². The number of rotatable bonds is 3. The van der Waals surface area contributed by atoms with Crippen LogP contribution in [-0.4, -0.2) is 105 Å². The van der Waals surface area contributed by atoms with Gasteiger partial charge in [-0.05, 0) is 25.8 Å². The third-order valence-corrected chi connectivity index (χ3v) is 12.7. The zero-order chi connectivity index (χ0) is 42.6. The number of methoxy groups -OCH3 is 1. The number of ether oxygens (including phenoxy) is 3. The molecule has 1 fully saturated rings. The van der Waals surface area contributed by atoms with Crippen LogP contribution < -0.4 is 20.8 Å². The van der Waals surface area contributed by atoms with Crippen molar-refractivity contribution in [3.63, 3.8) is 0 Å². The summed E-state index contributed by atoms with van der Waals surface area (Å²) in [5, 5.41) is 61.5. The monoisotopic (exact) mass is 804 g/mol. The molecule has 316 valence electrons. The summed E-state index contributed by atoms with van der Waals surface area (Å²) in [5.41, 5.74) is -0.0451. The molecule has 4 aliphatic rings. The average molecular weight is 805 g/mol. The average Bonchev–Trinajstić information content (AvgIpc) is 3.69. The molecule has 0 saturated carbocycles. The van der Waals surface area contributed by atoms with Crippen LogP contribution in [0.4, 0.5) is 5.69 Å². The van der Waals surface area contributed by atoms with E-state index < -0.39 is 77.0 Å². The molecule has 0 radical (unpaired) electrons. The molecule has 4 heterocycles. The van der Waals surface area contributed by atoms with Gasteiger partial charge in [-0.2, -0.15) is 0 Å². The number of piperidine rings is 1. The van der Waals surface area contributed by atoms with Crippen molar-refractivity contribution in [1.29, 1.82) is 0 Å². The molecule has 1 spiro atoms. The Labute approximate surface area is 339 Å². The lowest BCUT2D eigenvalue weighted by Crippen LogP contribution is -2.47. The summed E-state index contributed by atoms with van der Waals surface area (Å²) in [7, 11) is 1.47. The number of carbonyl (C=O) groups excluding carboxylic acids is 2. The second kappa shape index (κ2) is 16.4. The highest BCUT2D eigenvalue weighted by atomic mass is 16.7. The lowest BCUT2D eigenvalue weighted by atomic mass is 9.78. The number of hydrogen-bond acceptors (Lipinski definition) is 13. The summed E-state index contributed by atoms with van der Waals surface area (Å²) in [5.74, 6) is -5.83. The van der Waals surface area contributed by atoms with Crippen LogP contribution in [0.3, 0.4) is 0 Å². The SMILES string of the molecule is CO[C@H]1C=CO[C@@]2(C)Oc3c(C)c(O)c4c(O)c(c5c(c4c3C2=O)NC2(CCN(CC(C)C)CC2)N=5)=NC(=O)C(C)=CC=C[C@H](C)[C@H](O)[C@@H](C)[C@@H](O)[C@@H](C)[C@H](O)[C@@H]1C. The third-order valence-electron chi connectivity index (χ3n) is 12.7. The Kier molecular flexibility index (Phi) is 12.2. The number of likely N-dealkylation sites (tertiary alicyclic amines) is 1. The summed E-state index contributed by atoms with van der Waals surface area (Å²) in [6, 6.07) is 0. The van der Waals surface area contributed by atoms with Crippen LogP contribution in [-0.2, 0) is 14.3 Å². The van der Waals surface area contributed by atoms with Gasteiger partial charge in [0, 0.05) is 86.7 Å². The molecule has 6 N–H and O–H groups in total. The number of ketones is 1. The van der Waals surface area contributed by atoms with E-state index >= 15 is 0 Å². The molecule has 9 atom stereocenters. The van der Waals surface area contributed by atoms with Crippen LogP contribution in [0.1, 0.15) is 84.2 Å². The van der Waals surface area contributed by atoms with Crippen molar-refractivity contribution in [2.24, 2.45) is 39.6 Å². The molecule has 1 saturated heterocycles. The molecule has 0 aromatic heterocycles. The smallest absolute Gasteiger partial charge is 0.312 e. The van der Waals surface area contributed by atoms with Crippen LogP contribution in [0, 0.1) is 36.5 Å². The second-order valence-electron chi connectivity index (χ2n) is 17.4. The highest BCUT2D eigenvalue weighted by Crippen LogP contribution is 2.51. The van der Waals surface area contributed by atoms with Gasteiger partial charge in [0.2, 0.25) is 0 Å². The first-order valence-corrected chi connectivity index (χ1v) is 20.3. The van der Waals surface area contributed by atoms with E-state index in [0.29, 0.717) is 24.4 Å². The molecule has 4 aliphatic heterocycles. The summed E-state index contributed by atoms with van der Waals surface area (Å²) in [6.45, 7) is 18.3. The maximum atomic E-state index is 14.6. The summed E-state index contributed by atoms with van der Waals surface area (Å²) < 4.78 is 18.0. The van der Waals surface area contributed by atoms with Crippen LogP contribution in [0.15, 0.2) is 46.1 Å². The number of phenolic OH excluding ortho intramolecular Hbond substituents is 2. The van der Waals surface area contributed by atoms with Crippen molar-refractivity contribution in [2.45, 2.75) is 111 Å². The maximum Gasteiger partial charge on any atom is 0.312 e. The van der Waals surface area contributed by atoms with Gasteiger partial charge in [-0.15, -0.1) is 0 Å². The first-order valence-electron chi connectivity index (χ1n) is 20.3. The number of fused-ring (bicyclic) bond motifs is 1. The minimum atomic E-state index is -1.92. The van der Waals surface area contributed by atoms with E-state index in [1.165, 1.54) is 20.3 Å². The van der Waals surface area contributed by atoms with Crippen LogP contribution >= 0.6 is 0 Å². The van der Waals surface area contributed by atoms with E-state index in [9.17, 15) is 35.1 Å². The largest absolute Gasteiger partial charge is 0.507 e. The second-order valence-corrected chi connectivity index (χ2v) is 17.4. The van der Waals surface area contributed by atoms with Crippen LogP contribution in [0.5, 0.6) is 17.2 Å². The number of aliphatic hydroxyl groups excluding tert-OH is 3. The standard InChI is InChI=1S/C44H60N4O10/c1-21(2)20-48-17-15-44(16-18-48)46-32-29-30-38(52)27(8)40-31(29)41(54)43(9,58-40)57-19-14-28(56-10)24(5)36(50)26(7)37(51)25(6)35(49)22(3)12-11-13-23(4)42(55)45-34(39(30)53)33(32)47-44/h11-14,19,21-22,24-26,28,35-37,46,49-53H,15-18,20H2,1-10H3/t22-,24+,25+,26-,28-,35-,36+,37+,43-/m0/s1. The van der Waals surface area contributed by atoms with Crippen LogP contribution in [0.25, 0.3) is 10.8 Å². The first kappa shape index (κ1) is 43.2. The minimum Gasteiger partial charge on any atom is -0.507 e. The normalized spacial score (nSPS) is 31.9. The molecule has 14 nitrogen and oxygen atoms in total. The van der Waals surface area contributed by atoms with E-state index in [0.717, 1.165) is 19.6 Å². The first-order chi connectivity index (χ1) is 27.3. The van der Waals surface area contributed by atoms with Gasteiger partial charge in [-0.25, -0.2) is 4.99 Å². The van der Waals surface area contributed by atoms with Gasteiger partial charge in [0.1, 0.15) is 27.9 Å². The number of allylic oxidation sites excluding steroid dienone is 2. The van der Waals surface area contributed by atoms with E-state index in [1.807, 2.05) is 0 Å². The Bertz CT molecular complexity index is 2170. The van der Waals surface area contributed by atoms with E-state index in [4.69, 9.17) is 19.2 Å². The number of aliphatic hydroxyl groups is 3. The highest BCUT2D eigenvalue weighted by Gasteiger charge is 2.50. The Balaban J connectivity index is 1.55. The maximum absolute atomic E-state index is 14.6. The minimum absolute atomic E-state index is 0.0682. The zero-order valence-electron chi connectivity index (χ0n) is 35.2. The summed E-state index contributed by atoms with van der Waals surface area (Å²) in [4.78, 5) is 40.3. The zero-order valence-corrected chi connectivity index (χ0v) is 35.2. The third kappa shape index (κ3) is 7.65. The van der Waals surface area contributed by atoms with Crippen molar-refractivity contribution >= 4 is 28.2 Å².